The number of rotatable bonds is 2. The number of benzene rings is 1. The first-order valence-electron chi connectivity index (χ1n) is 7.62. The number of hydrogen-bond donors (Lipinski definition) is 1. The van der Waals surface area contributed by atoms with Crippen LogP contribution in [0, 0.1) is 0 Å². The summed E-state index contributed by atoms with van der Waals surface area (Å²) in [6, 6.07) is 7.88. The molecule has 4 heteroatoms. The minimum Gasteiger partial charge on any atom is -0.493 e. The molecule has 2 heterocycles. The smallest absolute Gasteiger partial charge is 0.124 e. The summed E-state index contributed by atoms with van der Waals surface area (Å²) < 4.78 is 6.89. The van der Waals surface area contributed by atoms with Gasteiger partial charge in [-0.1, -0.05) is 22.4 Å². The van der Waals surface area contributed by atoms with Gasteiger partial charge >= 0.3 is 0 Å². The molecule has 3 unspecified atom stereocenters. The lowest BCUT2D eigenvalue weighted by Gasteiger charge is -2.42. The Balaban J connectivity index is 1.80. The molecule has 20 heavy (non-hydrogen) atoms. The molecule has 0 aliphatic carbocycles. The highest BCUT2D eigenvalue weighted by Gasteiger charge is 2.29. The van der Waals surface area contributed by atoms with Crippen LogP contribution in [-0.4, -0.2) is 23.7 Å². The quantitative estimate of drug-likeness (QED) is 0.880. The van der Waals surface area contributed by atoms with E-state index in [-0.39, 0.29) is 0 Å². The number of hydrogen-bond acceptors (Lipinski definition) is 3. The Kier molecular flexibility index (Phi) is 4.34. The van der Waals surface area contributed by atoms with E-state index in [1.165, 1.54) is 24.8 Å². The molecule has 2 aliphatic rings. The normalized spacial score (nSPS) is 30.6. The van der Waals surface area contributed by atoms with Crippen molar-refractivity contribution in [3.63, 3.8) is 0 Å². The van der Waals surface area contributed by atoms with Gasteiger partial charge in [0, 0.05) is 28.5 Å². The molecule has 1 N–H and O–H groups in total. The number of halogens is 1. The first-order valence-corrected chi connectivity index (χ1v) is 8.41. The average molecular weight is 339 g/mol. The van der Waals surface area contributed by atoms with E-state index in [4.69, 9.17) is 4.74 Å². The zero-order valence-corrected chi connectivity index (χ0v) is 13.8. The van der Waals surface area contributed by atoms with Crippen LogP contribution >= 0.6 is 15.9 Å². The van der Waals surface area contributed by atoms with Crippen LogP contribution in [0.1, 0.15) is 51.1 Å². The zero-order chi connectivity index (χ0) is 14.1. The van der Waals surface area contributed by atoms with Gasteiger partial charge in [0.2, 0.25) is 0 Å². The zero-order valence-electron chi connectivity index (χ0n) is 12.2. The lowest BCUT2D eigenvalue weighted by Crippen LogP contribution is -2.53. The van der Waals surface area contributed by atoms with Crippen LogP contribution in [0.25, 0.3) is 0 Å². The maximum Gasteiger partial charge on any atom is 0.124 e. The van der Waals surface area contributed by atoms with E-state index in [0.29, 0.717) is 18.1 Å². The summed E-state index contributed by atoms with van der Waals surface area (Å²) in [4.78, 5) is 0. The van der Waals surface area contributed by atoms with E-state index < -0.39 is 0 Å². The van der Waals surface area contributed by atoms with Crippen LogP contribution < -0.4 is 10.2 Å². The van der Waals surface area contributed by atoms with Crippen LogP contribution in [0.15, 0.2) is 22.7 Å². The molecule has 1 aromatic rings. The topological polar surface area (TPSA) is 24.5 Å². The molecule has 3 atom stereocenters. The molecular weight excluding hydrogens is 316 g/mol. The number of ether oxygens (including phenoxy) is 1. The lowest BCUT2D eigenvalue weighted by molar-refractivity contribution is 0.0216. The highest BCUT2D eigenvalue weighted by molar-refractivity contribution is 9.10. The molecule has 0 radical (unpaired) electrons. The molecule has 0 aromatic heterocycles. The van der Waals surface area contributed by atoms with Crippen molar-refractivity contribution in [2.75, 3.05) is 6.61 Å². The van der Waals surface area contributed by atoms with Gasteiger partial charge in [-0.25, -0.2) is 10.4 Å². The summed E-state index contributed by atoms with van der Waals surface area (Å²) in [5.41, 5.74) is 5.05. The molecule has 3 nitrogen and oxygen atoms in total. The van der Waals surface area contributed by atoms with Crippen LogP contribution in [0.4, 0.5) is 0 Å². The van der Waals surface area contributed by atoms with Crippen molar-refractivity contribution in [1.29, 1.82) is 0 Å². The third kappa shape index (κ3) is 2.87. The van der Waals surface area contributed by atoms with Gasteiger partial charge in [0.05, 0.1) is 12.6 Å². The van der Waals surface area contributed by atoms with Gasteiger partial charge in [-0.15, -0.1) is 0 Å². The van der Waals surface area contributed by atoms with E-state index in [0.717, 1.165) is 23.2 Å². The Morgan fingerprint density at radius 1 is 1.20 bits per heavy atom. The minimum atomic E-state index is 0.360. The number of fused-ring (bicyclic) bond motifs is 1. The summed E-state index contributed by atoms with van der Waals surface area (Å²) in [5, 5.41) is 2.46. The first-order chi connectivity index (χ1) is 9.65. The fourth-order valence-electron chi connectivity index (χ4n) is 3.36. The van der Waals surface area contributed by atoms with Crippen molar-refractivity contribution >= 4 is 15.9 Å². The molecule has 0 saturated carbocycles. The summed E-state index contributed by atoms with van der Waals surface area (Å²) in [6.45, 7) is 5.44. The molecule has 0 spiro atoms. The highest BCUT2D eigenvalue weighted by Crippen LogP contribution is 2.35. The van der Waals surface area contributed by atoms with Gasteiger partial charge in [0.15, 0.2) is 0 Å². The maximum atomic E-state index is 5.77. The number of nitrogens with one attached hydrogen (secondary N) is 1. The van der Waals surface area contributed by atoms with Crippen LogP contribution in [-0.2, 0) is 0 Å². The van der Waals surface area contributed by atoms with E-state index in [2.05, 4.69) is 52.3 Å². The molecule has 0 bridgehead atoms. The molecule has 110 valence electrons. The van der Waals surface area contributed by atoms with Crippen molar-refractivity contribution in [3.05, 3.63) is 28.2 Å². The molecule has 2 aliphatic heterocycles. The lowest BCUT2D eigenvalue weighted by atomic mass is 9.98. The predicted octanol–water partition coefficient (Wildman–Crippen LogP) is 4.04. The Morgan fingerprint density at radius 3 is 2.70 bits per heavy atom. The molecule has 1 fully saturated rings. The number of nitrogens with zero attached hydrogens (tertiary/aromatic N) is 1. The van der Waals surface area contributed by atoms with E-state index in [1.54, 1.807) is 0 Å². The van der Waals surface area contributed by atoms with Crippen molar-refractivity contribution < 1.29 is 4.74 Å². The summed E-state index contributed by atoms with van der Waals surface area (Å²) in [7, 11) is 0. The second kappa shape index (κ2) is 6.04. The predicted molar refractivity (Wildman–Crippen MR) is 84.7 cm³/mol. The number of piperidine rings is 1. The van der Waals surface area contributed by atoms with Gasteiger partial charge in [-0.3, -0.25) is 0 Å². The number of hydrazine groups is 1. The fourth-order valence-corrected chi connectivity index (χ4v) is 3.73. The summed E-state index contributed by atoms with van der Waals surface area (Å²) in [6.07, 6.45) is 4.94. The Bertz CT molecular complexity index is 470. The summed E-state index contributed by atoms with van der Waals surface area (Å²) >= 11 is 3.57. The van der Waals surface area contributed by atoms with Crippen molar-refractivity contribution in [3.8, 4) is 5.75 Å². The van der Waals surface area contributed by atoms with E-state index in [1.807, 2.05) is 6.07 Å². The second-order valence-electron chi connectivity index (χ2n) is 6.04. The second-order valence-corrected chi connectivity index (χ2v) is 6.95. The van der Waals surface area contributed by atoms with Crippen molar-refractivity contribution in [1.82, 2.24) is 10.4 Å². The standard InChI is InChI=1S/C16H23BrN2O/c1-11-4-3-5-12(2)19(11)18-15-8-9-20-16-7-6-13(17)10-14(15)16/h6-7,10-12,15,18H,3-5,8-9H2,1-2H3. The maximum absolute atomic E-state index is 5.77. The van der Waals surface area contributed by atoms with Crippen molar-refractivity contribution in [2.45, 2.75) is 57.7 Å². The Hall–Kier alpha value is -0.580. The molecule has 1 aromatic carbocycles. The van der Waals surface area contributed by atoms with Gasteiger partial charge in [0.25, 0.3) is 0 Å². The molecular formula is C16H23BrN2O. The fraction of sp³-hybridized carbons (Fsp3) is 0.625. The highest BCUT2D eigenvalue weighted by atomic mass is 79.9. The van der Waals surface area contributed by atoms with Crippen molar-refractivity contribution in [2.24, 2.45) is 0 Å². The van der Waals surface area contributed by atoms with Gasteiger partial charge in [0.1, 0.15) is 5.75 Å². The van der Waals surface area contributed by atoms with E-state index in [9.17, 15) is 0 Å². The third-order valence-electron chi connectivity index (χ3n) is 4.51. The van der Waals surface area contributed by atoms with Gasteiger partial charge in [-0.05, 0) is 44.9 Å². The molecule has 0 amide bonds. The van der Waals surface area contributed by atoms with Crippen LogP contribution in [0.2, 0.25) is 0 Å². The Labute approximate surface area is 129 Å². The molecule has 3 rings (SSSR count). The largest absolute Gasteiger partial charge is 0.493 e. The first kappa shape index (κ1) is 14.4. The third-order valence-corrected chi connectivity index (χ3v) is 5.00. The van der Waals surface area contributed by atoms with E-state index >= 15 is 0 Å². The minimum absolute atomic E-state index is 0.360. The van der Waals surface area contributed by atoms with Gasteiger partial charge < -0.3 is 4.74 Å². The summed E-state index contributed by atoms with van der Waals surface area (Å²) in [5.74, 6) is 1.02. The van der Waals surface area contributed by atoms with Crippen LogP contribution in [0.3, 0.4) is 0 Å². The SMILES string of the molecule is CC1CCCC(C)N1NC1CCOc2ccc(Br)cc21. The van der Waals surface area contributed by atoms with Crippen LogP contribution in [0.5, 0.6) is 5.75 Å². The Morgan fingerprint density at radius 2 is 1.95 bits per heavy atom. The monoisotopic (exact) mass is 338 g/mol. The molecule has 1 saturated heterocycles. The van der Waals surface area contributed by atoms with Gasteiger partial charge in [-0.2, -0.15) is 0 Å². The average Bonchev–Trinajstić information content (AvgIpc) is 2.43.